The van der Waals surface area contributed by atoms with Crippen molar-refractivity contribution in [1.82, 2.24) is 20.2 Å². The molecule has 2 heterocycles. The van der Waals surface area contributed by atoms with Gasteiger partial charge in [0.05, 0.1) is 11.3 Å². The van der Waals surface area contributed by atoms with Gasteiger partial charge in [-0.3, -0.25) is 4.79 Å². The fourth-order valence-electron chi connectivity index (χ4n) is 2.41. The van der Waals surface area contributed by atoms with Crippen molar-refractivity contribution in [2.45, 2.75) is 32.2 Å². The zero-order valence-corrected chi connectivity index (χ0v) is 11.0. The first-order valence-electron chi connectivity index (χ1n) is 6.43. The second kappa shape index (κ2) is 5.91. The maximum absolute atomic E-state index is 11.9. The van der Waals surface area contributed by atoms with Gasteiger partial charge >= 0.3 is 0 Å². The van der Waals surface area contributed by atoms with E-state index in [0.717, 1.165) is 12.1 Å². The van der Waals surface area contributed by atoms with Gasteiger partial charge in [-0.1, -0.05) is 0 Å². The van der Waals surface area contributed by atoms with Crippen LogP contribution in [0.15, 0.2) is 12.5 Å². The minimum atomic E-state index is -0.0752. The molecule has 1 aliphatic rings. The van der Waals surface area contributed by atoms with Crippen LogP contribution in [0.1, 0.15) is 35.3 Å². The molecule has 1 amide bonds. The standard InChI is InChI=1S/C13H20N4O/c1-10-12(8-14-9-16-10)13(18)15-6-5-11-4-3-7-17(11)2/h8-9,11H,3-7H2,1-2H3,(H,15,18)/t11-/m1/s1. The number of aryl methyl sites for hydroxylation is 1. The molecule has 0 aliphatic carbocycles. The lowest BCUT2D eigenvalue weighted by Crippen LogP contribution is -2.32. The molecule has 1 aliphatic heterocycles. The van der Waals surface area contributed by atoms with Gasteiger partial charge in [0.1, 0.15) is 6.33 Å². The van der Waals surface area contributed by atoms with Crippen LogP contribution in [0, 0.1) is 6.92 Å². The maximum atomic E-state index is 11.9. The number of nitrogens with zero attached hydrogens (tertiary/aromatic N) is 3. The molecule has 0 unspecified atom stereocenters. The minimum Gasteiger partial charge on any atom is -0.352 e. The summed E-state index contributed by atoms with van der Waals surface area (Å²) in [6, 6.07) is 0.610. The lowest BCUT2D eigenvalue weighted by atomic mass is 10.1. The SMILES string of the molecule is Cc1ncncc1C(=O)NCC[C@H]1CCCN1C. The third-order valence-electron chi connectivity index (χ3n) is 3.59. The zero-order chi connectivity index (χ0) is 13.0. The molecular formula is C13H20N4O. The van der Waals surface area contributed by atoms with E-state index in [1.165, 1.54) is 25.7 Å². The van der Waals surface area contributed by atoms with Crippen molar-refractivity contribution in [2.24, 2.45) is 0 Å². The molecule has 0 bridgehead atoms. The van der Waals surface area contributed by atoms with E-state index in [0.29, 0.717) is 18.2 Å². The van der Waals surface area contributed by atoms with Gasteiger partial charge in [0.25, 0.3) is 5.91 Å². The van der Waals surface area contributed by atoms with Crippen LogP contribution in [-0.2, 0) is 0 Å². The molecule has 0 saturated carbocycles. The highest BCUT2D eigenvalue weighted by Gasteiger charge is 2.20. The number of hydrogen-bond donors (Lipinski definition) is 1. The highest BCUT2D eigenvalue weighted by Crippen LogP contribution is 2.17. The van der Waals surface area contributed by atoms with Gasteiger partial charge in [-0.2, -0.15) is 0 Å². The Morgan fingerprint density at radius 1 is 1.61 bits per heavy atom. The second-order valence-corrected chi connectivity index (χ2v) is 4.84. The minimum absolute atomic E-state index is 0.0752. The first-order chi connectivity index (χ1) is 8.68. The van der Waals surface area contributed by atoms with Crippen LogP contribution in [0.25, 0.3) is 0 Å². The molecule has 0 spiro atoms. The summed E-state index contributed by atoms with van der Waals surface area (Å²) in [5, 5.41) is 2.94. The molecule has 0 radical (unpaired) electrons. The lowest BCUT2D eigenvalue weighted by molar-refractivity contribution is 0.0949. The molecule has 1 aromatic rings. The Bertz CT molecular complexity index is 421. The number of carbonyl (C=O) groups excluding carboxylic acids is 1. The topological polar surface area (TPSA) is 58.1 Å². The number of likely N-dealkylation sites (tertiary alicyclic amines) is 1. The molecule has 1 atom stereocenters. The highest BCUT2D eigenvalue weighted by molar-refractivity contribution is 5.94. The van der Waals surface area contributed by atoms with Gasteiger partial charge in [0, 0.05) is 18.8 Å². The van der Waals surface area contributed by atoms with Gasteiger partial charge in [-0.15, -0.1) is 0 Å². The number of hydrogen-bond acceptors (Lipinski definition) is 4. The second-order valence-electron chi connectivity index (χ2n) is 4.84. The fraction of sp³-hybridized carbons (Fsp3) is 0.615. The molecule has 0 aromatic carbocycles. The van der Waals surface area contributed by atoms with Gasteiger partial charge in [0.2, 0.25) is 0 Å². The summed E-state index contributed by atoms with van der Waals surface area (Å²) >= 11 is 0. The lowest BCUT2D eigenvalue weighted by Gasteiger charge is -2.19. The number of aromatic nitrogens is 2. The Morgan fingerprint density at radius 3 is 3.11 bits per heavy atom. The van der Waals surface area contributed by atoms with Gasteiger partial charge in [0.15, 0.2) is 0 Å². The summed E-state index contributed by atoms with van der Waals surface area (Å²) in [6.45, 7) is 3.70. The monoisotopic (exact) mass is 248 g/mol. The third-order valence-corrected chi connectivity index (χ3v) is 3.59. The Labute approximate surface area is 108 Å². The van der Waals surface area contributed by atoms with Crippen LogP contribution in [0.5, 0.6) is 0 Å². The van der Waals surface area contributed by atoms with Crippen molar-refractivity contribution in [3.05, 3.63) is 23.8 Å². The van der Waals surface area contributed by atoms with Crippen molar-refractivity contribution >= 4 is 5.91 Å². The largest absolute Gasteiger partial charge is 0.352 e. The summed E-state index contributed by atoms with van der Waals surface area (Å²) in [4.78, 5) is 22.2. The highest BCUT2D eigenvalue weighted by atomic mass is 16.1. The molecule has 1 N–H and O–H groups in total. The number of rotatable bonds is 4. The Hall–Kier alpha value is -1.49. The normalized spacial score (nSPS) is 20.0. The van der Waals surface area contributed by atoms with Crippen LogP contribution in [0.3, 0.4) is 0 Å². The molecule has 18 heavy (non-hydrogen) atoms. The van der Waals surface area contributed by atoms with Crippen molar-refractivity contribution in [3.8, 4) is 0 Å². The number of carbonyl (C=O) groups is 1. The molecular weight excluding hydrogens is 228 g/mol. The average Bonchev–Trinajstić information content (AvgIpc) is 2.75. The van der Waals surface area contributed by atoms with E-state index < -0.39 is 0 Å². The van der Waals surface area contributed by atoms with E-state index >= 15 is 0 Å². The maximum Gasteiger partial charge on any atom is 0.254 e. The van der Waals surface area contributed by atoms with E-state index in [-0.39, 0.29) is 5.91 Å². The summed E-state index contributed by atoms with van der Waals surface area (Å²) in [5.74, 6) is -0.0752. The Kier molecular flexibility index (Phi) is 4.25. The van der Waals surface area contributed by atoms with Crippen molar-refractivity contribution in [1.29, 1.82) is 0 Å². The third kappa shape index (κ3) is 3.04. The fourth-order valence-corrected chi connectivity index (χ4v) is 2.41. The molecule has 98 valence electrons. The molecule has 2 rings (SSSR count). The summed E-state index contributed by atoms with van der Waals surface area (Å²) in [7, 11) is 2.15. The van der Waals surface area contributed by atoms with Crippen molar-refractivity contribution in [2.75, 3.05) is 20.1 Å². The van der Waals surface area contributed by atoms with E-state index in [1.807, 2.05) is 6.92 Å². The first kappa shape index (κ1) is 13.0. The van der Waals surface area contributed by atoms with Gasteiger partial charge < -0.3 is 10.2 Å². The van der Waals surface area contributed by atoms with E-state index in [2.05, 4.69) is 27.2 Å². The van der Waals surface area contributed by atoms with Crippen LogP contribution in [0.4, 0.5) is 0 Å². The van der Waals surface area contributed by atoms with Crippen LogP contribution >= 0.6 is 0 Å². The van der Waals surface area contributed by atoms with Crippen molar-refractivity contribution < 1.29 is 4.79 Å². The molecule has 1 fully saturated rings. The predicted molar refractivity (Wildman–Crippen MR) is 69.4 cm³/mol. The van der Waals surface area contributed by atoms with E-state index in [4.69, 9.17) is 0 Å². The van der Waals surface area contributed by atoms with Gasteiger partial charge in [-0.05, 0) is 39.8 Å². The average molecular weight is 248 g/mol. The van der Waals surface area contributed by atoms with Gasteiger partial charge in [-0.25, -0.2) is 9.97 Å². The smallest absolute Gasteiger partial charge is 0.254 e. The molecule has 5 heteroatoms. The zero-order valence-electron chi connectivity index (χ0n) is 11.0. The number of nitrogens with one attached hydrogen (secondary N) is 1. The summed E-state index contributed by atoms with van der Waals surface area (Å²) < 4.78 is 0. The summed E-state index contributed by atoms with van der Waals surface area (Å²) in [6.07, 6.45) is 6.54. The Balaban J connectivity index is 1.80. The van der Waals surface area contributed by atoms with E-state index in [9.17, 15) is 4.79 Å². The molecule has 1 saturated heterocycles. The Morgan fingerprint density at radius 2 is 2.44 bits per heavy atom. The first-order valence-corrected chi connectivity index (χ1v) is 6.43. The number of amides is 1. The predicted octanol–water partition coefficient (Wildman–Crippen LogP) is 0.999. The van der Waals surface area contributed by atoms with Crippen LogP contribution in [0.2, 0.25) is 0 Å². The quantitative estimate of drug-likeness (QED) is 0.863. The summed E-state index contributed by atoms with van der Waals surface area (Å²) in [5.41, 5.74) is 1.29. The molecule has 1 aromatic heterocycles. The van der Waals surface area contributed by atoms with Crippen molar-refractivity contribution in [3.63, 3.8) is 0 Å². The van der Waals surface area contributed by atoms with Crippen LogP contribution in [-0.4, -0.2) is 47.0 Å². The van der Waals surface area contributed by atoms with E-state index in [1.54, 1.807) is 6.20 Å². The molecule has 5 nitrogen and oxygen atoms in total. The van der Waals surface area contributed by atoms with Crippen LogP contribution < -0.4 is 5.32 Å².